The number of nitrogens with one attached hydrogen (secondary N) is 1. The summed E-state index contributed by atoms with van der Waals surface area (Å²) in [5, 5.41) is 9.46. The van der Waals surface area contributed by atoms with E-state index in [2.05, 4.69) is 17.2 Å². The van der Waals surface area contributed by atoms with Gasteiger partial charge in [0, 0.05) is 25.1 Å². The molecule has 23 heavy (non-hydrogen) atoms. The fourth-order valence-electron chi connectivity index (χ4n) is 3.73. The van der Waals surface area contributed by atoms with Gasteiger partial charge in [-0.2, -0.15) is 0 Å². The molecule has 0 radical (unpaired) electrons. The second-order valence-electron chi connectivity index (χ2n) is 6.93. The molecule has 8 heteroatoms. The number of nitrogens with zero attached hydrogens (tertiary/aromatic N) is 3. The number of rotatable bonds is 5. The highest BCUT2D eigenvalue weighted by atomic mass is 32.2. The molecule has 2 fully saturated rings. The number of sulfone groups is 1. The topological polar surface area (TPSA) is 69.3 Å². The Balaban J connectivity index is 1.55. The summed E-state index contributed by atoms with van der Waals surface area (Å²) < 4.78 is 25.3. The molecule has 3 heterocycles. The normalized spacial score (nSPS) is 30.6. The van der Waals surface area contributed by atoms with Crippen molar-refractivity contribution in [1.29, 1.82) is 0 Å². The molecule has 1 unspecified atom stereocenters. The number of piperidine rings is 1. The first-order valence-electron chi connectivity index (χ1n) is 8.51. The van der Waals surface area contributed by atoms with Gasteiger partial charge in [0.25, 0.3) is 0 Å². The van der Waals surface area contributed by atoms with Crippen LogP contribution in [0, 0.1) is 0 Å². The van der Waals surface area contributed by atoms with E-state index in [1.807, 2.05) is 11.6 Å². The zero-order valence-electron chi connectivity index (χ0n) is 14.0. The Labute approximate surface area is 142 Å². The maximum absolute atomic E-state index is 11.6. The van der Waals surface area contributed by atoms with Gasteiger partial charge in [0.05, 0.1) is 31.1 Å². The Bertz CT molecular complexity index is 644. The molecule has 1 aromatic rings. The molecule has 2 saturated heterocycles. The van der Waals surface area contributed by atoms with E-state index >= 15 is 0 Å². The lowest BCUT2D eigenvalue weighted by Gasteiger charge is -2.29. The van der Waals surface area contributed by atoms with Crippen LogP contribution in [0.3, 0.4) is 0 Å². The zero-order valence-corrected chi connectivity index (χ0v) is 15.6. The van der Waals surface area contributed by atoms with Crippen LogP contribution < -0.4 is 4.90 Å². The third-order valence-electron chi connectivity index (χ3n) is 5.23. The molecule has 6 nitrogen and oxygen atoms in total. The van der Waals surface area contributed by atoms with Crippen LogP contribution in [-0.4, -0.2) is 60.1 Å². The summed E-state index contributed by atoms with van der Waals surface area (Å²) >= 11 is 1.75. The average Bonchev–Trinajstić information content (AvgIpc) is 3.04. The Morgan fingerprint density at radius 3 is 2.83 bits per heavy atom. The van der Waals surface area contributed by atoms with Gasteiger partial charge in [-0.1, -0.05) is 11.8 Å². The van der Waals surface area contributed by atoms with E-state index in [9.17, 15) is 8.42 Å². The van der Waals surface area contributed by atoms with Crippen LogP contribution in [0.1, 0.15) is 43.8 Å². The summed E-state index contributed by atoms with van der Waals surface area (Å²) in [7, 11) is 1.38. The van der Waals surface area contributed by atoms with Gasteiger partial charge >= 0.3 is 0 Å². The first kappa shape index (κ1) is 17.2. The smallest absolute Gasteiger partial charge is 0.190 e. The number of thioether (sulfide) groups is 1. The van der Waals surface area contributed by atoms with Gasteiger partial charge in [-0.15, -0.1) is 10.2 Å². The molecule has 1 N–H and O–H groups in total. The monoisotopic (exact) mass is 359 g/mol. The lowest BCUT2D eigenvalue weighted by molar-refractivity contribution is -0.911. The van der Waals surface area contributed by atoms with Gasteiger partial charge in [0.2, 0.25) is 0 Å². The minimum absolute atomic E-state index is 0.0146. The lowest BCUT2D eigenvalue weighted by Crippen LogP contribution is -3.13. The molecule has 1 aromatic heterocycles. The van der Waals surface area contributed by atoms with Crippen LogP contribution in [-0.2, 0) is 16.9 Å². The van der Waals surface area contributed by atoms with E-state index in [0.717, 1.165) is 22.8 Å². The second-order valence-corrected chi connectivity index (χ2v) is 10.2. The number of hydrogen-bond acceptors (Lipinski definition) is 5. The highest BCUT2D eigenvalue weighted by molar-refractivity contribution is 7.99. The van der Waals surface area contributed by atoms with Gasteiger partial charge in [-0.05, 0) is 25.7 Å². The molecule has 3 rings (SSSR count). The van der Waals surface area contributed by atoms with Gasteiger partial charge in [0.15, 0.2) is 15.0 Å². The standard InChI is InChI=1S/C15H26N4O2S2/c1-18-8-4-3-5-13(18)6-9-22-15-17-16-14(19(15)2)12-7-10-23(20,21)11-12/h12-13H,3-11H2,1-2H3/p+1/t12-,13-/m1/s1. The molecular weight excluding hydrogens is 332 g/mol. The summed E-state index contributed by atoms with van der Waals surface area (Å²) in [5.74, 6) is 2.40. The van der Waals surface area contributed by atoms with Crippen molar-refractivity contribution in [3.8, 4) is 0 Å². The van der Waals surface area contributed by atoms with Crippen LogP contribution in [0.4, 0.5) is 0 Å². The molecule has 0 aliphatic carbocycles. The van der Waals surface area contributed by atoms with Crippen LogP contribution >= 0.6 is 11.8 Å². The van der Waals surface area contributed by atoms with Gasteiger partial charge in [0.1, 0.15) is 5.82 Å². The molecule has 0 spiro atoms. The SMILES string of the molecule is Cn1c(SCC[C@H]2CCCC[NH+]2C)nnc1[C@@H]1CCS(=O)(=O)C1. The van der Waals surface area contributed by atoms with Gasteiger partial charge in [-0.3, -0.25) is 0 Å². The molecule has 130 valence electrons. The van der Waals surface area contributed by atoms with Gasteiger partial charge in [-0.25, -0.2) is 8.42 Å². The fourth-order valence-corrected chi connectivity index (χ4v) is 6.44. The number of quaternary nitrogens is 1. The Hall–Kier alpha value is -0.600. The highest BCUT2D eigenvalue weighted by Crippen LogP contribution is 2.29. The number of likely N-dealkylation sites (tertiary alicyclic amines) is 1. The van der Waals surface area contributed by atoms with Crippen molar-refractivity contribution in [2.24, 2.45) is 7.05 Å². The van der Waals surface area contributed by atoms with E-state index in [4.69, 9.17) is 0 Å². The zero-order chi connectivity index (χ0) is 16.4. The Morgan fingerprint density at radius 2 is 2.13 bits per heavy atom. The van der Waals surface area contributed by atoms with E-state index in [-0.39, 0.29) is 17.4 Å². The van der Waals surface area contributed by atoms with Crippen LogP contribution in [0.5, 0.6) is 0 Å². The maximum atomic E-state index is 11.6. The molecular formula is C15H27N4O2S2+. The third kappa shape index (κ3) is 4.09. The summed E-state index contributed by atoms with van der Waals surface area (Å²) in [6, 6.07) is 0.768. The minimum atomic E-state index is -2.88. The molecule has 0 amide bonds. The minimum Gasteiger partial charge on any atom is -0.335 e. The quantitative estimate of drug-likeness (QED) is 0.764. The molecule has 2 aliphatic rings. The van der Waals surface area contributed by atoms with Crippen molar-refractivity contribution in [3.63, 3.8) is 0 Å². The van der Waals surface area contributed by atoms with E-state index in [1.165, 1.54) is 32.2 Å². The fraction of sp³-hybridized carbons (Fsp3) is 0.867. The predicted molar refractivity (Wildman–Crippen MR) is 91.7 cm³/mol. The van der Waals surface area contributed by atoms with Crippen molar-refractivity contribution < 1.29 is 13.3 Å². The molecule has 3 atom stereocenters. The van der Waals surface area contributed by atoms with E-state index in [1.54, 1.807) is 16.7 Å². The summed E-state index contributed by atoms with van der Waals surface area (Å²) in [6.45, 7) is 1.29. The molecule has 0 aromatic carbocycles. The Morgan fingerprint density at radius 1 is 1.30 bits per heavy atom. The summed E-state index contributed by atoms with van der Waals surface area (Å²) in [6.07, 6.45) is 5.92. The highest BCUT2D eigenvalue weighted by Gasteiger charge is 2.32. The number of hydrogen-bond donors (Lipinski definition) is 1. The van der Waals surface area contributed by atoms with Crippen molar-refractivity contribution in [2.45, 2.75) is 49.2 Å². The molecule has 0 saturated carbocycles. The van der Waals surface area contributed by atoms with Crippen molar-refractivity contribution in [3.05, 3.63) is 5.82 Å². The third-order valence-corrected chi connectivity index (χ3v) is 8.06. The first-order chi connectivity index (χ1) is 11.0. The largest absolute Gasteiger partial charge is 0.335 e. The van der Waals surface area contributed by atoms with Crippen molar-refractivity contribution in [1.82, 2.24) is 14.8 Å². The Kier molecular flexibility index (Phi) is 5.32. The molecule has 0 bridgehead atoms. The lowest BCUT2D eigenvalue weighted by atomic mass is 10.0. The predicted octanol–water partition coefficient (Wildman–Crippen LogP) is 0.267. The second kappa shape index (κ2) is 7.11. The maximum Gasteiger partial charge on any atom is 0.190 e. The van der Waals surface area contributed by atoms with Crippen molar-refractivity contribution >= 4 is 21.6 Å². The average molecular weight is 360 g/mol. The van der Waals surface area contributed by atoms with E-state index in [0.29, 0.717) is 6.42 Å². The summed E-state index contributed by atoms with van der Waals surface area (Å²) in [4.78, 5) is 1.66. The van der Waals surface area contributed by atoms with Crippen LogP contribution in [0.25, 0.3) is 0 Å². The molecule has 2 aliphatic heterocycles. The van der Waals surface area contributed by atoms with Gasteiger partial charge < -0.3 is 9.47 Å². The van der Waals surface area contributed by atoms with E-state index < -0.39 is 9.84 Å². The first-order valence-corrected chi connectivity index (χ1v) is 11.3. The summed E-state index contributed by atoms with van der Waals surface area (Å²) in [5.41, 5.74) is 0. The van der Waals surface area contributed by atoms with Crippen LogP contribution in [0.15, 0.2) is 5.16 Å². The number of aromatic nitrogens is 3. The van der Waals surface area contributed by atoms with Crippen LogP contribution in [0.2, 0.25) is 0 Å². The van der Waals surface area contributed by atoms with Crippen molar-refractivity contribution in [2.75, 3.05) is 30.9 Å².